The van der Waals surface area contributed by atoms with Crippen LogP contribution in [0.4, 0.5) is 23.7 Å². The lowest BCUT2D eigenvalue weighted by molar-refractivity contribution is -0.141. The van der Waals surface area contributed by atoms with Crippen LogP contribution in [-0.2, 0) is 15.7 Å². The van der Waals surface area contributed by atoms with E-state index in [4.69, 9.17) is 4.74 Å². The Hall–Kier alpha value is -3.81. The second-order valence-electron chi connectivity index (χ2n) is 7.25. The van der Waals surface area contributed by atoms with Gasteiger partial charge in [0.15, 0.2) is 0 Å². The molecular weight excluding hydrogens is 433 g/mol. The van der Waals surface area contributed by atoms with Gasteiger partial charge in [0.1, 0.15) is 0 Å². The van der Waals surface area contributed by atoms with Gasteiger partial charge in [-0.1, -0.05) is 66.7 Å². The predicted octanol–water partition coefficient (Wildman–Crippen LogP) is 5.89. The van der Waals surface area contributed by atoms with Crippen LogP contribution in [0.3, 0.4) is 0 Å². The maximum absolute atomic E-state index is 13.3. The van der Waals surface area contributed by atoms with Crippen molar-refractivity contribution in [3.63, 3.8) is 0 Å². The highest BCUT2D eigenvalue weighted by Crippen LogP contribution is 2.32. The van der Waals surface area contributed by atoms with Gasteiger partial charge in [0.25, 0.3) is 0 Å². The van der Waals surface area contributed by atoms with E-state index >= 15 is 0 Å². The summed E-state index contributed by atoms with van der Waals surface area (Å²) in [5.74, 6) is -0.508. The molecule has 0 aromatic heterocycles. The van der Waals surface area contributed by atoms with Crippen molar-refractivity contribution in [2.24, 2.45) is 0 Å². The van der Waals surface area contributed by atoms with Crippen molar-refractivity contribution in [1.29, 1.82) is 0 Å². The number of methoxy groups -OCH3 is 1. The summed E-state index contributed by atoms with van der Waals surface area (Å²) < 4.78 is 44.0. The minimum Gasteiger partial charge on any atom is -0.469 e. The van der Waals surface area contributed by atoms with E-state index in [0.717, 1.165) is 23.3 Å². The molecule has 0 saturated carbocycles. The van der Waals surface area contributed by atoms with Crippen LogP contribution < -0.4 is 5.32 Å². The zero-order valence-electron chi connectivity index (χ0n) is 17.9. The summed E-state index contributed by atoms with van der Waals surface area (Å²) in [6.45, 7) is -0.00801. The number of esters is 1. The van der Waals surface area contributed by atoms with E-state index in [1.165, 1.54) is 24.1 Å². The largest absolute Gasteiger partial charge is 0.469 e. The Bertz CT molecular complexity index is 1030. The van der Waals surface area contributed by atoms with E-state index in [9.17, 15) is 22.8 Å². The van der Waals surface area contributed by atoms with Gasteiger partial charge in [-0.25, -0.2) is 4.79 Å². The van der Waals surface area contributed by atoms with Gasteiger partial charge >= 0.3 is 18.2 Å². The molecule has 0 saturated heterocycles. The molecule has 0 heterocycles. The molecule has 3 aromatic rings. The Morgan fingerprint density at radius 3 is 2.00 bits per heavy atom. The van der Waals surface area contributed by atoms with Crippen LogP contribution in [-0.4, -0.2) is 30.6 Å². The second kappa shape index (κ2) is 10.7. The van der Waals surface area contributed by atoms with Gasteiger partial charge in [-0.3, -0.25) is 4.79 Å². The van der Waals surface area contributed by atoms with Crippen LogP contribution >= 0.6 is 0 Å². The number of carbonyl (C=O) groups excluding carboxylic acids is 2. The number of alkyl halides is 3. The van der Waals surface area contributed by atoms with Gasteiger partial charge in [0.05, 0.1) is 25.1 Å². The predicted molar refractivity (Wildman–Crippen MR) is 119 cm³/mol. The molecule has 0 aliphatic heterocycles. The molecule has 172 valence electrons. The van der Waals surface area contributed by atoms with Crippen molar-refractivity contribution in [2.75, 3.05) is 19.0 Å². The highest BCUT2D eigenvalue weighted by molar-refractivity contribution is 5.90. The number of amides is 2. The number of nitrogens with one attached hydrogen (secondary N) is 1. The number of benzene rings is 3. The quantitative estimate of drug-likeness (QED) is 0.451. The summed E-state index contributed by atoms with van der Waals surface area (Å²) in [6.07, 6.45) is -4.62. The normalized spacial score (nSPS) is 11.2. The van der Waals surface area contributed by atoms with Crippen molar-refractivity contribution in [3.05, 3.63) is 102 Å². The number of carbonyl (C=O) groups is 2. The number of hydrogen-bond donors (Lipinski definition) is 1. The lowest BCUT2D eigenvalue weighted by Crippen LogP contribution is -2.40. The lowest BCUT2D eigenvalue weighted by Gasteiger charge is -2.32. The van der Waals surface area contributed by atoms with Crippen LogP contribution in [0.1, 0.15) is 29.2 Å². The van der Waals surface area contributed by atoms with E-state index < -0.39 is 29.8 Å². The molecule has 0 spiro atoms. The van der Waals surface area contributed by atoms with Crippen LogP contribution in [0.15, 0.2) is 84.9 Å². The number of ether oxygens (including phenoxy) is 1. The van der Waals surface area contributed by atoms with E-state index in [2.05, 4.69) is 5.32 Å². The molecule has 0 aliphatic carbocycles. The Labute approximate surface area is 189 Å². The fourth-order valence-electron chi connectivity index (χ4n) is 3.45. The SMILES string of the molecule is COC(=O)CCN(C(=O)Nc1cccc(C(F)(F)F)c1)C(c1ccccc1)c1ccccc1. The molecule has 8 heteroatoms. The molecule has 0 fully saturated rings. The molecule has 0 aliphatic rings. The Morgan fingerprint density at radius 1 is 0.909 bits per heavy atom. The standard InChI is InChI=1S/C25H23F3N2O3/c1-33-22(31)15-16-30(24(32)29-21-14-8-13-20(17-21)25(26,27)28)23(18-9-4-2-5-10-18)19-11-6-3-7-12-19/h2-14,17,23H,15-16H2,1H3,(H,29,32). The summed E-state index contributed by atoms with van der Waals surface area (Å²) >= 11 is 0. The lowest BCUT2D eigenvalue weighted by atomic mass is 9.97. The summed E-state index contributed by atoms with van der Waals surface area (Å²) in [7, 11) is 1.25. The third-order valence-electron chi connectivity index (χ3n) is 5.03. The zero-order valence-corrected chi connectivity index (χ0v) is 17.9. The number of halogens is 3. The highest BCUT2D eigenvalue weighted by atomic mass is 19.4. The van der Waals surface area contributed by atoms with E-state index in [1.54, 1.807) is 0 Å². The molecule has 0 atom stereocenters. The molecule has 33 heavy (non-hydrogen) atoms. The third kappa shape index (κ3) is 6.35. The Morgan fingerprint density at radius 2 is 1.48 bits per heavy atom. The zero-order chi connectivity index (χ0) is 23.8. The fourth-order valence-corrected chi connectivity index (χ4v) is 3.45. The molecule has 0 bridgehead atoms. The molecule has 0 unspecified atom stereocenters. The van der Waals surface area contributed by atoms with Crippen LogP contribution in [0, 0.1) is 0 Å². The molecule has 2 amide bonds. The van der Waals surface area contributed by atoms with Gasteiger partial charge in [0, 0.05) is 12.2 Å². The molecular formula is C25H23F3N2O3. The van der Waals surface area contributed by atoms with Gasteiger partial charge in [-0.15, -0.1) is 0 Å². The summed E-state index contributed by atoms with van der Waals surface area (Å²) in [5.41, 5.74) is 0.697. The van der Waals surface area contributed by atoms with Crippen molar-refractivity contribution in [2.45, 2.75) is 18.6 Å². The smallest absolute Gasteiger partial charge is 0.416 e. The Balaban J connectivity index is 1.98. The minimum atomic E-state index is -4.54. The van der Waals surface area contributed by atoms with Crippen molar-refractivity contribution in [3.8, 4) is 0 Å². The maximum atomic E-state index is 13.3. The van der Waals surface area contributed by atoms with Crippen molar-refractivity contribution < 1.29 is 27.5 Å². The molecule has 0 radical (unpaired) electrons. The molecule has 1 N–H and O–H groups in total. The summed E-state index contributed by atoms with van der Waals surface area (Å²) in [5, 5.41) is 2.55. The van der Waals surface area contributed by atoms with Gasteiger partial charge in [-0.2, -0.15) is 13.2 Å². The van der Waals surface area contributed by atoms with Crippen LogP contribution in [0.25, 0.3) is 0 Å². The molecule has 3 aromatic carbocycles. The maximum Gasteiger partial charge on any atom is 0.416 e. The number of anilines is 1. The molecule has 5 nitrogen and oxygen atoms in total. The van der Waals surface area contributed by atoms with Crippen LogP contribution in [0.2, 0.25) is 0 Å². The highest BCUT2D eigenvalue weighted by Gasteiger charge is 2.31. The monoisotopic (exact) mass is 456 g/mol. The van der Waals surface area contributed by atoms with Crippen molar-refractivity contribution >= 4 is 17.7 Å². The molecule has 3 rings (SSSR count). The summed E-state index contributed by atoms with van der Waals surface area (Å²) in [6, 6.07) is 21.6. The third-order valence-corrected chi connectivity index (χ3v) is 5.03. The summed E-state index contributed by atoms with van der Waals surface area (Å²) in [4.78, 5) is 26.6. The van der Waals surface area contributed by atoms with Crippen LogP contribution in [0.5, 0.6) is 0 Å². The van der Waals surface area contributed by atoms with E-state index in [-0.39, 0.29) is 18.7 Å². The topological polar surface area (TPSA) is 58.6 Å². The van der Waals surface area contributed by atoms with Gasteiger partial charge in [0.2, 0.25) is 0 Å². The first-order chi connectivity index (χ1) is 15.8. The van der Waals surface area contributed by atoms with Gasteiger partial charge < -0.3 is 15.0 Å². The fraction of sp³-hybridized carbons (Fsp3) is 0.200. The van der Waals surface area contributed by atoms with E-state index in [1.807, 2.05) is 60.7 Å². The average molecular weight is 456 g/mol. The number of urea groups is 1. The minimum absolute atomic E-state index is 0.00207. The second-order valence-corrected chi connectivity index (χ2v) is 7.25. The first-order valence-electron chi connectivity index (χ1n) is 10.2. The Kier molecular flexibility index (Phi) is 7.71. The number of nitrogens with zero attached hydrogens (tertiary/aromatic N) is 1. The average Bonchev–Trinajstić information content (AvgIpc) is 2.82. The van der Waals surface area contributed by atoms with E-state index in [0.29, 0.717) is 0 Å². The first kappa shape index (κ1) is 23.8. The van der Waals surface area contributed by atoms with Crippen molar-refractivity contribution in [1.82, 2.24) is 4.90 Å². The number of rotatable bonds is 7. The number of hydrogen-bond acceptors (Lipinski definition) is 3. The first-order valence-corrected chi connectivity index (χ1v) is 10.2. The van der Waals surface area contributed by atoms with Gasteiger partial charge in [-0.05, 0) is 29.3 Å².